The van der Waals surface area contributed by atoms with Crippen LogP contribution >= 0.6 is 0 Å². The number of methoxy groups -OCH3 is 3. The lowest BCUT2D eigenvalue weighted by Crippen LogP contribution is -2.32. The molecule has 0 spiro atoms. The highest BCUT2D eigenvalue weighted by atomic mass is 16.5. The molecule has 0 amide bonds. The van der Waals surface area contributed by atoms with Crippen LogP contribution in [0.25, 0.3) is 5.70 Å². The van der Waals surface area contributed by atoms with Crippen LogP contribution in [0, 0.1) is 6.92 Å². The first-order valence-electron chi connectivity index (χ1n) is 11.7. The SMILES string of the molecule is COc1cc([C@H]2Oc3ccccc3C3=C2[C@H](c2ccc(C)cc2)n2ncnc2N3)cc(OC)c1OC. The molecule has 182 valence electrons. The number of rotatable bonds is 5. The second-order valence-electron chi connectivity index (χ2n) is 8.75. The van der Waals surface area contributed by atoms with Gasteiger partial charge in [-0.05, 0) is 36.8 Å². The van der Waals surface area contributed by atoms with Crippen molar-refractivity contribution < 1.29 is 18.9 Å². The minimum absolute atomic E-state index is 0.239. The zero-order valence-electron chi connectivity index (χ0n) is 20.5. The van der Waals surface area contributed by atoms with E-state index in [1.165, 1.54) is 5.56 Å². The summed E-state index contributed by atoms with van der Waals surface area (Å²) in [6, 6.07) is 20.1. The first kappa shape index (κ1) is 22.0. The zero-order valence-corrected chi connectivity index (χ0v) is 20.5. The molecule has 2 atom stereocenters. The monoisotopic (exact) mass is 482 g/mol. The van der Waals surface area contributed by atoms with E-state index in [9.17, 15) is 0 Å². The molecule has 8 heteroatoms. The molecule has 1 N–H and O–H groups in total. The van der Waals surface area contributed by atoms with Crippen molar-refractivity contribution in [3.8, 4) is 23.0 Å². The minimum Gasteiger partial charge on any atom is -0.493 e. The van der Waals surface area contributed by atoms with Crippen LogP contribution in [-0.4, -0.2) is 36.1 Å². The smallest absolute Gasteiger partial charge is 0.226 e. The normalized spacial score (nSPS) is 17.8. The van der Waals surface area contributed by atoms with Crippen molar-refractivity contribution in [2.75, 3.05) is 26.6 Å². The molecule has 8 nitrogen and oxygen atoms in total. The van der Waals surface area contributed by atoms with Crippen molar-refractivity contribution in [3.63, 3.8) is 0 Å². The number of ether oxygens (including phenoxy) is 4. The van der Waals surface area contributed by atoms with Gasteiger partial charge in [0.05, 0.1) is 27.0 Å². The molecular weight excluding hydrogens is 456 g/mol. The minimum atomic E-state index is -0.459. The summed E-state index contributed by atoms with van der Waals surface area (Å²) in [4.78, 5) is 4.50. The van der Waals surface area contributed by atoms with Crippen molar-refractivity contribution in [2.45, 2.75) is 19.1 Å². The highest BCUT2D eigenvalue weighted by Crippen LogP contribution is 2.52. The van der Waals surface area contributed by atoms with Crippen LogP contribution in [0.5, 0.6) is 23.0 Å². The van der Waals surface area contributed by atoms with Gasteiger partial charge in [-0.2, -0.15) is 10.1 Å². The predicted molar refractivity (Wildman–Crippen MR) is 136 cm³/mol. The number of para-hydroxylation sites is 1. The number of anilines is 1. The van der Waals surface area contributed by atoms with Gasteiger partial charge in [0.25, 0.3) is 0 Å². The van der Waals surface area contributed by atoms with Gasteiger partial charge in [-0.25, -0.2) is 4.68 Å². The standard InChI is InChI=1S/C28H26N4O4/c1-16-9-11-17(12-10-16)25-23-24(31-28-29-15-30-32(25)28)19-7-5-6-8-20(19)36-26(23)18-13-21(33-2)27(35-4)22(14-18)34-3/h5-15,25-26H,1-4H3,(H,29,30,31)/t25-,26+/m0/s1. The lowest BCUT2D eigenvalue weighted by Gasteiger charge is -2.39. The van der Waals surface area contributed by atoms with E-state index in [0.717, 1.165) is 33.7 Å². The summed E-state index contributed by atoms with van der Waals surface area (Å²) in [7, 11) is 4.82. The molecule has 2 aliphatic heterocycles. The Bertz CT molecular complexity index is 1450. The Balaban J connectivity index is 1.62. The zero-order chi connectivity index (χ0) is 24.8. The Hall–Kier alpha value is -4.46. The third-order valence-electron chi connectivity index (χ3n) is 6.70. The van der Waals surface area contributed by atoms with Crippen LogP contribution in [-0.2, 0) is 0 Å². The van der Waals surface area contributed by atoms with Crippen molar-refractivity contribution in [3.05, 3.63) is 94.8 Å². The van der Waals surface area contributed by atoms with Crippen LogP contribution in [0.4, 0.5) is 5.95 Å². The number of benzene rings is 3. The molecular formula is C28H26N4O4. The van der Waals surface area contributed by atoms with E-state index >= 15 is 0 Å². The van der Waals surface area contributed by atoms with E-state index in [-0.39, 0.29) is 6.04 Å². The first-order chi connectivity index (χ1) is 17.6. The maximum atomic E-state index is 6.72. The molecule has 3 aromatic carbocycles. The van der Waals surface area contributed by atoms with Crippen molar-refractivity contribution in [2.24, 2.45) is 0 Å². The van der Waals surface area contributed by atoms with Gasteiger partial charge in [0.2, 0.25) is 11.7 Å². The molecule has 6 rings (SSSR count). The predicted octanol–water partition coefficient (Wildman–Crippen LogP) is 5.17. The van der Waals surface area contributed by atoms with E-state index in [1.807, 2.05) is 35.0 Å². The first-order valence-corrected chi connectivity index (χ1v) is 11.7. The van der Waals surface area contributed by atoms with Crippen LogP contribution in [0.2, 0.25) is 0 Å². The second-order valence-corrected chi connectivity index (χ2v) is 8.75. The van der Waals surface area contributed by atoms with E-state index in [2.05, 4.69) is 52.7 Å². The molecule has 0 saturated heterocycles. The van der Waals surface area contributed by atoms with E-state index in [0.29, 0.717) is 23.2 Å². The number of fused-ring (bicyclic) bond motifs is 3. The van der Waals surface area contributed by atoms with Crippen LogP contribution in [0.3, 0.4) is 0 Å². The Labute approximate surface area is 209 Å². The summed E-state index contributed by atoms with van der Waals surface area (Å²) in [5.41, 5.74) is 6.09. The molecule has 1 aromatic heterocycles. The fourth-order valence-electron chi connectivity index (χ4n) is 5.01. The largest absolute Gasteiger partial charge is 0.493 e. The molecule has 0 aliphatic carbocycles. The summed E-state index contributed by atoms with van der Waals surface area (Å²) >= 11 is 0. The summed E-state index contributed by atoms with van der Waals surface area (Å²) in [5.74, 6) is 3.12. The molecule has 0 saturated carbocycles. The number of aryl methyl sites for hydroxylation is 1. The average Bonchev–Trinajstić information content (AvgIpc) is 3.39. The lowest BCUT2D eigenvalue weighted by molar-refractivity contribution is 0.221. The van der Waals surface area contributed by atoms with Gasteiger partial charge >= 0.3 is 0 Å². The number of nitrogens with one attached hydrogen (secondary N) is 1. The number of hydrogen-bond donors (Lipinski definition) is 1. The Morgan fingerprint density at radius 1 is 0.889 bits per heavy atom. The topological polar surface area (TPSA) is 79.7 Å². The maximum Gasteiger partial charge on any atom is 0.226 e. The Kier molecular flexibility index (Phi) is 5.29. The second kappa shape index (κ2) is 8.64. The fourth-order valence-corrected chi connectivity index (χ4v) is 5.01. The summed E-state index contributed by atoms with van der Waals surface area (Å²) in [6.07, 6.45) is 1.11. The van der Waals surface area contributed by atoms with Crippen LogP contribution in [0.1, 0.15) is 34.4 Å². The molecule has 36 heavy (non-hydrogen) atoms. The molecule has 0 fully saturated rings. The van der Waals surface area contributed by atoms with E-state index in [1.54, 1.807) is 27.7 Å². The van der Waals surface area contributed by atoms with Crippen LogP contribution < -0.4 is 24.3 Å². The van der Waals surface area contributed by atoms with Gasteiger partial charge in [-0.15, -0.1) is 0 Å². The highest BCUT2D eigenvalue weighted by Gasteiger charge is 2.41. The molecule has 0 bridgehead atoms. The van der Waals surface area contributed by atoms with Gasteiger partial charge in [0, 0.05) is 16.7 Å². The Morgan fingerprint density at radius 2 is 1.61 bits per heavy atom. The highest BCUT2D eigenvalue weighted by molar-refractivity contribution is 5.85. The van der Waals surface area contributed by atoms with Crippen molar-refractivity contribution in [1.29, 1.82) is 0 Å². The fraction of sp³-hybridized carbons (Fsp3) is 0.214. The molecule has 2 aliphatic rings. The summed E-state index contributed by atoms with van der Waals surface area (Å²) < 4.78 is 25.5. The van der Waals surface area contributed by atoms with Gasteiger partial charge < -0.3 is 24.3 Å². The van der Waals surface area contributed by atoms with Gasteiger partial charge in [0.15, 0.2) is 11.5 Å². The molecule has 0 unspecified atom stereocenters. The number of nitrogens with zero attached hydrogens (tertiary/aromatic N) is 3. The van der Waals surface area contributed by atoms with E-state index < -0.39 is 6.10 Å². The lowest BCUT2D eigenvalue weighted by atomic mass is 9.84. The van der Waals surface area contributed by atoms with Crippen LogP contribution in [0.15, 0.2) is 72.6 Å². The molecule has 4 aromatic rings. The molecule has 3 heterocycles. The quantitative estimate of drug-likeness (QED) is 0.420. The maximum absolute atomic E-state index is 6.72. The van der Waals surface area contributed by atoms with Gasteiger partial charge in [-0.1, -0.05) is 42.0 Å². The summed E-state index contributed by atoms with van der Waals surface area (Å²) in [5, 5.41) is 8.12. The average molecular weight is 483 g/mol. The van der Waals surface area contributed by atoms with Gasteiger partial charge in [-0.3, -0.25) is 0 Å². The molecule has 0 radical (unpaired) electrons. The number of aromatic nitrogens is 3. The number of hydrogen-bond acceptors (Lipinski definition) is 7. The van der Waals surface area contributed by atoms with Crippen molar-refractivity contribution in [1.82, 2.24) is 14.8 Å². The Morgan fingerprint density at radius 3 is 2.31 bits per heavy atom. The van der Waals surface area contributed by atoms with Gasteiger partial charge in [0.1, 0.15) is 24.2 Å². The summed E-state index contributed by atoms with van der Waals surface area (Å²) in [6.45, 7) is 2.08. The van der Waals surface area contributed by atoms with E-state index in [4.69, 9.17) is 18.9 Å². The van der Waals surface area contributed by atoms with Crippen molar-refractivity contribution >= 4 is 11.6 Å². The third kappa shape index (κ3) is 3.37. The third-order valence-corrected chi connectivity index (χ3v) is 6.70.